The molecule has 0 saturated carbocycles. The van der Waals surface area contributed by atoms with Crippen LogP contribution in [-0.4, -0.2) is 25.3 Å². The van der Waals surface area contributed by atoms with Gasteiger partial charge in [-0.25, -0.2) is 9.97 Å². The molecule has 0 fully saturated rings. The van der Waals surface area contributed by atoms with Crippen molar-refractivity contribution in [3.63, 3.8) is 0 Å². The predicted octanol–water partition coefficient (Wildman–Crippen LogP) is 3.76. The van der Waals surface area contributed by atoms with Crippen LogP contribution in [0, 0.1) is 6.85 Å². The van der Waals surface area contributed by atoms with Crippen LogP contribution in [0.15, 0.2) is 61.1 Å². The quantitative estimate of drug-likeness (QED) is 0.526. The van der Waals surface area contributed by atoms with E-state index in [9.17, 15) is 4.79 Å². The zero-order valence-corrected chi connectivity index (χ0v) is 13.9. The van der Waals surface area contributed by atoms with Crippen molar-refractivity contribution >= 4 is 16.7 Å². The summed E-state index contributed by atoms with van der Waals surface area (Å²) in [6.45, 7) is -2.83. The monoisotopic (exact) mass is 349 g/mol. The Hall–Kier alpha value is -3.34. The van der Waals surface area contributed by atoms with Crippen LogP contribution >= 0.6 is 0 Å². The van der Waals surface area contributed by atoms with E-state index >= 15 is 0 Å². The van der Waals surface area contributed by atoms with Crippen LogP contribution in [0.5, 0.6) is 0 Å². The highest BCUT2D eigenvalue weighted by atomic mass is 16.1. The molecular weight excluding hydrogens is 324 g/mol. The van der Waals surface area contributed by atoms with E-state index in [0.717, 1.165) is 11.1 Å². The Morgan fingerprint density at radius 2 is 2.08 bits per heavy atom. The van der Waals surface area contributed by atoms with E-state index in [2.05, 4.69) is 15.0 Å². The molecule has 26 heavy (non-hydrogen) atoms. The Morgan fingerprint density at radius 3 is 2.81 bits per heavy atom. The summed E-state index contributed by atoms with van der Waals surface area (Å²) in [7, 11) is 1.85. The molecule has 0 N–H and O–H groups in total. The van der Waals surface area contributed by atoms with Gasteiger partial charge in [-0.1, -0.05) is 29.7 Å². The standard InChI is InChI=1S/C21H18N4O/c1-14-3-5-15(6-4-14)21(26)10-17-9-19-16(11-23-17)7-8-18(24-19)20-12-22-13-25(20)2/h3-9,11-13H,10H2,1-2H3/i1D3,3D,4D,5D,6D. The first-order valence-electron chi connectivity index (χ1n) is 11.4. The molecule has 128 valence electrons. The van der Waals surface area contributed by atoms with Gasteiger partial charge in [-0.2, -0.15) is 0 Å². The van der Waals surface area contributed by atoms with E-state index < -0.39 is 47.9 Å². The van der Waals surface area contributed by atoms with Crippen LogP contribution in [-0.2, 0) is 13.5 Å². The molecule has 0 aliphatic heterocycles. The van der Waals surface area contributed by atoms with Crippen LogP contribution in [0.3, 0.4) is 0 Å². The van der Waals surface area contributed by atoms with Crippen molar-refractivity contribution in [1.29, 1.82) is 0 Å². The first kappa shape index (κ1) is 9.97. The van der Waals surface area contributed by atoms with Crippen molar-refractivity contribution in [2.45, 2.75) is 13.3 Å². The second kappa shape index (κ2) is 6.52. The Labute approximate surface area is 161 Å². The molecule has 0 radical (unpaired) electrons. The number of carbonyl (C=O) groups excluding carboxylic acids is 1. The van der Waals surface area contributed by atoms with Crippen LogP contribution in [0.25, 0.3) is 22.3 Å². The first-order valence-corrected chi connectivity index (χ1v) is 7.85. The van der Waals surface area contributed by atoms with Gasteiger partial charge < -0.3 is 4.57 Å². The molecule has 0 amide bonds. The Morgan fingerprint density at radius 1 is 1.23 bits per heavy atom. The Bertz CT molecular complexity index is 1380. The van der Waals surface area contributed by atoms with E-state index in [1.165, 1.54) is 0 Å². The molecular formula is C21H18N4O. The van der Waals surface area contributed by atoms with Crippen LogP contribution in [0.4, 0.5) is 0 Å². The normalized spacial score (nSPS) is 15.3. The highest BCUT2D eigenvalue weighted by Gasteiger charge is 2.10. The fraction of sp³-hybridized carbons (Fsp3) is 0.143. The van der Waals surface area contributed by atoms with Gasteiger partial charge in [-0.15, -0.1) is 0 Å². The van der Waals surface area contributed by atoms with Gasteiger partial charge in [0.1, 0.15) is 0 Å². The topological polar surface area (TPSA) is 60.7 Å². The number of hydrogen-bond acceptors (Lipinski definition) is 4. The summed E-state index contributed by atoms with van der Waals surface area (Å²) in [6, 6.07) is 2.47. The minimum Gasteiger partial charge on any atom is -0.332 e. The number of benzene rings is 1. The lowest BCUT2D eigenvalue weighted by molar-refractivity contribution is 0.0992. The SMILES string of the molecule is [2H]c1c([2H])c(C([2H])([2H])[2H])c([2H])c([2H])c1C(=O)Cc1cc2nc(-c3cncn3C)ccc2cn1. The zero-order chi connectivity index (χ0) is 24.1. The number of hydrogen-bond donors (Lipinski definition) is 0. The number of nitrogens with zero attached hydrogens (tertiary/aromatic N) is 4. The van der Waals surface area contributed by atoms with E-state index in [-0.39, 0.29) is 6.42 Å². The third-order valence-electron chi connectivity index (χ3n) is 3.95. The predicted molar refractivity (Wildman–Crippen MR) is 101 cm³/mol. The zero-order valence-electron chi connectivity index (χ0n) is 20.9. The molecule has 4 aromatic rings. The van der Waals surface area contributed by atoms with Gasteiger partial charge in [0, 0.05) is 28.3 Å². The van der Waals surface area contributed by atoms with Gasteiger partial charge in [0.25, 0.3) is 0 Å². The molecule has 0 aliphatic rings. The highest BCUT2D eigenvalue weighted by molar-refractivity contribution is 5.97. The molecule has 0 bridgehead atoms. The smallest absolute Gasteiger partial charge is 0.168 e. The Balaban J connectivity index is 1.72. The summed E-state index contributed by atoms with van der Waals surface area (Å²) >= 11 is 0. The molecule has 0 unspecified atom stereocenters. The summed E-state index contributed by atoms with van der Waals surface area (Å²) in [6.07, 6.45) is 4.61. The summed E-state index contributed by atoms with van der Waals surface area (Å²) in [4.78, 5) is 25.9. The van der Waals surface area contributed by atoms with Crippen LogP contribution in [0.1, 0.15) is 31.2 Å². The fourth-order valence-corrected chi connectivity index (χ4v) is 2.61. The van der Waals surface area contributed by atoms with Gasteiger partial charge >= 0.3 is 0 Å². The van der Waals surface area contributed by atoms with Crippen LogP contribution < -0.4 is 0 Å². The average Bonchev–Trinajstić information content (AvgIpc) is 3.17. The lowest BCUT2D eigenvalue weighted by Crippen LogP contribution is -2.05. The molecule has 3 heterocycles. The summed E-state index contributed by atoms with van der Waals surface area (Å²) < 4.78 is 56.5. The first-order chi connectivity index (χ1) is 15.5. The molecule has 5 nitrogen and oxygen atoms in total. The van der Waals surface area contributed by atoms with Gasteiger partial charge in [-0.3, -0.25) is 9.78 Å². The van der Waals surface area contributed by atoms with Gasteiger partial charge in [0.15, 0.2) is 5.78 Å². The molecule has 0 saturated heterocycles. The minimum absolute atomic E-state index is 0.294. The van der Waals surface area contributed by atoms with Crippen molar-refractivity contribution < 1.29 is 14.4 Å². The van der Waals surface area contributed by atoms with Crippen molar-refractivity contribution in [1.82, 2.24) is 19.5 Å². The van der Waals surface area contributed by atoms with Crippen molar-refractivity contribution in [2.24, 2.45) is 7.05 Å². The fourth-order valence-electron chi connectivity index (χ4n) is 2.61. The van der Waals surface area contributed by atoms with E-state index in [4.69, 9.17) is 9.60 Å². The van der Waals surface area contributed by atoms with Crippen molar-refractivity contribution in [3.05, 3.63) is 77.9 Å². The summed E-state index contributed by atoms with van der Waals surface area (Å²) in [5, 5.41) is 0.753. The lowest BCUT2D eigenvalue weighted by Gasteiger charge is -2.06. The number of rotatable bonds is 4. The molecule has 4 rings (SSSR count). The molecule has 0 spiro atoms. The maximum Gasteiger partial charge on any atom is 0.168 e. The van der Waals surface area contributed by atoms with Gasteiger partial charge in [0.2, 0.25) is 0 Å². The molecule has 0 aliphatic carbocycles. The van der Waals surface area contributed by atoms with E-state index in [0.29, 0.717) is 16.9 Å². The van der Waals surface area contributed by atoms with Gasteiger partial charge in [0.05, 0.1) is 47.0 Å². The number of aromatic nitrogens is 4. The van der Waals surface area contributed by atoms with E-state index in [1.807, 2.05) is 23.7 Å². The Kier molecular flexibility index (Phi) is 2.50. The third-order valence-corrected chi connectivity index (χ3v) is 3.95. The maximum absolute atomic E-state index is 12.9. The van der Waals surface area contributed by atoms with Crippen molar-refractivity contribution in [2.75, 3.05) is 0 Å². The molecule has 5 heteroatoms. The van der Waals surface area contributed by atoms with Gasteiger partial charge in [-0.05, 0) is 25.1 Å². The van der Waals surface area contributed by atoms with Crippen LogP contribution in [0.2, 0.25) is 0 Å². The average molecular weight is 349 g/mol. The minimum atomic E-state index is -2.83. The molecule has 3 aromatic heterocycles. The number of imidazole rings is 1. The number of fused-ring (bicyclic) bond motifs is 1. The number of pyridine rings is 2. The van der Waals surface area contributed by atoms with E-state index in [1.54, 1.807) is 24.8 Å². The number of aryl methyl sites for hydroxylation is 1. The lowest BCUT2D eigenvalue weighted by atomic mass is 10.0. The number of Topliss-reactive ketones (excluding diaryl/α,β-unsaturated/α-hetero) is 1. The summed E-state index contributed by atoms with van der Waals surface area (Å²) in [5.74, 6) is -0.696. The second-order valence-electron chi connectivity index (χ2n) is 5.80. The third kappa shape index (κ3) is 3.11. The summed E-state index contributed by atoms with van der Waals surface area (Å²) in [5.41, 5.74) is 1.25. The molecule has 0 atom stereocenters. The van der Waals surface area contributed by atoms with Crippen molar-refractivity contribution in [3.8, 4) is 11.4 Å². The highest BCUT2D eigenvalue weighted by Crippen LogP contribution is 2.20. The maximum atomic E-state index is 12.9. The number of ketones is 1. The largest absolute Gasteiger partial charge is 0.332 e. The molecule has 1 aromatic carbocycles. The second-order valence-corrected chi connectivity index (χ2v) is 5.80. The number of carbonyl (C=O) groups is 1.